The lowest BCUT2D eigenvalue weighted by Gasteiger charge is -2.38. The predicted octanol–water partition coefficient (Wildman–Crippen LogP) is 0.735. The van der Waals surface area contributed by atoms with Crippen LogP contribution in [0.5, 0.6) is 0 Å². The number of amides is 2. The molecule has 2 unspecified atom stereocenters. The minimum absolute atomic E-state index is 0.0278. The van der Waals surface area contributed by atoms with E-state index in [0.717, 1.165) is 19.4 Å². The van der Waals surface area contributed by atoms with Gasteiger partial charge in [0.05, 0.1) is 6.54 Å². The molecule has 1 fully saturated rings. The van der Waals surface area contributed by atoms with Gasteiger partial charge in [-0.2, -0.15) is 0 Å². The second kappa shape index (κ2) is 6.37. The van der Waals surface area contributed by atoms with Crippen LogP contribution >= 0.6 is 0 Å². The van der Waals surface area contributed by atoms with Crippen LogP contribution in [0.1, 0.15) is 40.5 Å². The smallest absolute Gasteiger partial charge is 0.242 e. The molecule has 0 aromatic heterocycles. The van der Waals surface area contributed by atoms with Gasteiger partial charge in [-0.15, -0.1) is 0 Å². The van der Waals surface area contributed by atoms with Crippen molar-refractivity contribution in [1.82, 2.24) is 10.2 Å². The van der Waals surface area contributed by atoms with Gasteiger partial charge in [-0.25, -0.2) is 0 Å². The van der Waals surface area contributed by atoms with Gasteiger partial charge in [0, 0.05) is 24.5 Å². The van der Waals surface area contributed by atoms with Crippen LogP contribution in [0.2, 0.25) is 0 Å². The maximum atomic E-state index is 12.2. The van der Waals surface area contributed by atoms with Gasteiger partial charge in [0.15, 0.2) is 0 Å². The zero-order chi connectivity index (χ0) is 14.6. The minimum atomic E-state index is -0.468. The van der Waals surface area contributed by atoms with E-state index in [2.05, 4.69) is 12.2 Å². The van der Waals surface area contributed by atoms with Gasteiger partial charge < -0.3 is 16.0 Å². The number of nitrogens with one attached hydrogen (secondary N) is 1. The molecule has 1 rings (SSSR count). The molecular weight excluding hydrogens is 242 g/mol. The summed E-state index contributed by atoms with van der Waals surface area (Å²) in [5.74, 6) is 0.484. The first-order valence-corrected chi connectivity index (χ1v) is 7.03. The highest BCUT2D eigenvalue weighted by Gasteiger charge is 2.29. The molecule has 5 nitrogen and oxygen atoms in total. The van der Waals surface area contributed by atoms with E-state index in [4.69, 9.17) is 5.73 Å². The van der Waals surface area contributed by atoms with Crippen molar-refractivity contribution < 1.29 is 9.59 Å². The summed E-state index contributed by atoms with van der Waals surface area (Å²) in [6.45, 7) is 8.98. The average molecular weight is 269 g/mol. The Balaban J connectivity index is 2.51. The molecule has 0 aromatic carbocycles. The lowest BCUT2D eigenvalue weighted by atomic mass is 9.92. The van der Waals surface area contributed by atoms with Crippen molar-refractivity contribution in [3.05, 3.63) is 0 Å². The van der Waals surface area contributed by atoms with Crippen molar-refractivity contribution >= 4 is 11.8 Å². The van der Waals surface area contributed by atoms with Crippen molar-refractivity contribution in [2.45, 2.75) is 46.6 Å². The van der Waals surface area contributed by atoms with Gasteiger partial charge >= 0.3 is 0 Å². The molecule has 5 heteroatoms. The van der Waals surface area contributed by atoms with Gasteiger partial charge in [-0.3, -0.25) is 9.59 Å². The number of carbonyl (C=O) groups is 2. The second-order valence-electron chi connectivity index (χ2n) is 6.54. The molecule has 19 heavy (non-hydrogen) atoms. The van der Waals surface area contributed by atoms with E-state index in [1.54, 1.807) is 0 Å². The monoisotopic (exact) mass is 269 g/mol. The quantitative estimate of drug-likeness (QED) is 0.793. The summed E-state index contributed by atoms with van der Waals surface area (Å²) < 4.78 is 0. The molecule has 0 bridgehead atoms. The van der Waals surface area contributed by atoms with Crippen LogP contribution in [0.25, 0.3) is 0 Å². The highest BCUT2D eigenvalue weighted by molar-refractivity contribution is 5.87. The summed E-state index contributed by atoms with van der Waals surface area (Å²) in [5.41, 5.74) is 5.27. The summed E-state index contributed by atoms with van der Waals surface area (Å²) in [4.78, 5) is 25.7. The molecule has 1 saturated heterocycles. The second-order valence-corrected chi connectivity index (χ2v) is 6.54. The van der Waals surface area contributed by atoms with E-state index in [9.17, 15) is 9.59 Å². The van der Waals surface area contributed by atoms with Crippen molar-refractivity contribution in [2.75, 3.05) is 19.6 Å². The molecule has 0 spiro atoms. The van der Waals surface area contributed by atoms with E-state index < -0.39 is 5.41 Å². The number of carbonyl (C=O) groups excluding carboxylic acids is 2. The molecule has 2 amide bonds. The Kier molecular flexibility index (Phi) is 5.35. The molecule has 1 aliphatic heterocycles. The number of likely N-dealkylation sites (tertiary alicyclic amines) is 1. The van der Waals surface area contributed by atoms with Gasteiger partial charge in [0.1, 0.15) is 0 Å². The molecule has 110 valence electrons. The Morgan fingerprint density at radius 3 is 2.53 bits per heavy atom. The number of nitrogens with two attached hydrogens (primary N) is 1. The van der Waals surface area contributed by atoms with Crippen LogP contribution in [0.4, 0.5) is 0 Å². The lowest BCUT2D eigenvalue weighted by Crippen LogP contribution is -2.52. The average Bonchev–Trinajstić information content (AvgIpc) is 2.33. The van der Waals surface area contributed by atoms with E-state index in [1.165, 1.54) is 0 Å². The number of hydrogen-bond donors (Lipinski definition) is 2. The highest BCUT2D eigenvalue weighted by Crippen LogP contribution is 2.21. The molecular formula is C14H27N3O2. The van der Waals surface area contributed by atoms with Crippen LogP contribution < -0.4 is 11.1 Å². The molecule has 3 N–H and O–H groups in total. The number of piperidine rings is 1. The van der Waals surface area contributed by atoms with Crippen molar-refractivity contribution in [2.24, 2.45) is 17.1 Å². The van der Waals surface area contributed by atoms with Crippen LogP contribution in [-0.2, 0) is 9.59 Å². The SMILES string of the molecule is CC1CCN(C(=O)CNC(=O)C(C)(C)C)C(CN)C1. The topological polar surface area (TPSA) is 75.4 Å². The standard InChI is InChI=1S/C14H27N3O2/c1-10-5-6-17(11(7-10)8-15)12(18)9-16-13(19)14(2,3)4/h10-11H,5-9,15H2,1-4H3,(H,16,19). The third kappa shape index (κ3) is 4.49. The van der Waals surface area contributed by atoms with Gasteiger partial charge in [0.25, 0.3) is 0 Å². The molecule has 0 aromatic rings. The largest absolute Gasteiger partial charge is 0.347 e. The molecule has 1 aliphatic rings. The van der Waals surface area contributed by atoms with Crippen LogP contribution in [-0.4, -0.2) is 42.4 Å². The maximum absolute atomic E-state index is 12.2. The zero-order valence-corrected chi connectivity index (χ0v) is 12.5. The normalized spacial score (nSPS) is 24.2. The van der Waals surface area contributed by atoms with Gasteiger partial charge in [-0.05, 0) is 18.8 Å². The van der Waals surface area contributed by atoms with E-state index >= 15 is 0 Å². The summed E-state index contributed by atoms with van der Waals surface area (Å²) in [7, 11) is 0. The Morgan fingerprint density at radius 1 is 1.37 bits per heavy atom. The Hall–Kier alpha value is -1.10. The van der Waals surface area contributed by atoms with E-state index in [1.807, 2.05) is 25.7 Å². The zero-order valence-electron chi connectivity index (χ0n) is 12.5. The molecule has 0 saturated carbocycles. The summed E-state index contributed by atoms with van der Waals surface area (Å²) in [6.07, 6.45) is 1.96. The van der Waals surface area contributed by atoms with Crippen LogP contribution in [0.3, 0.4) is 0 Å². The van der Waals surface area contributed by atoms with Crippen molar-refractivity contribution in [1.29, 1.82) is 0 Å². The minimum Gasteiger partial charge on any atom is -0.347 e. The Labute approximate surface area is 115 Å². The molecule has 0 aliphatic carbocycles. The Morgan fingerprint density at radius 2 is 2.00 bits per heavy atom. The van der Waals surface area contributed by atoms with Crippen LogP contribution in [0.15, 0.2) is 0 Å². The molecule has 2 atom stereocenters. The first kappa shape index (κ1) is 16.0. The van der Waals surface area contributed by atoms with Crippen LogP contribution in [0, 0.1) is 11.3 Å². The summed E-state index contributed by atoms with van der Waals surface area (Å²) in [5, 5.41) is 2.70. The first-order chi connectivity index (χ1) is 8.75. The van der Waals surface area contributed by atoms with E-state index in [-0.39, 0.29) is 24.4 Å². The third-order valence-corrected chi connectivity index (χ3v) is 3.65. The fourth-order valence-electron chi connectivity index (χ4n) is 2.33. The molecule has 1 heterocycles. The maximum Gasteiger partial charge on any atom is 0.242 e. The third-order valence-electron chi connectivity index (χ3n) is 3.65. The number of nitrogens with zero attached hydrogens (tertiary/aromatic N) is 1. The van der Waals surface area contributed by atoms with Gasteiger partial charge in [-0.1, -0.05) is 27.7 Å². The van der Waals surface area contributed by atoms with Crippen molar-refractivity contribution in [3.8, 4) is 0 Å². The highest BCUT2D eigenvalue weighted by atomic mass is 16.2. The van der Waals surface area contributed by atoms with E-state index in [0.29, 0.717) is 12.5 Å². The number of rotatable bonds is 3. The van der Waals surface area contributed by atoms with Gasteiger partial charge in [0.2, 0.25) is 11.8 Å². The lowest BCUT2D eigenvalue weighted by molar-refractivity contribution is -0.138. The number of hydrogen-bond acceptors (Lipinski definition) is 3. The van der Waals surface area contributed by atoms with Crippen molar-refractivity contribution in [3.63, 3.8) is 0 Å². The Bertz CT molecular complexity index is 336. The summed E-state index contributed by atoms with van der Waals surface area (Å²) in [6, 6.07) is 0.114. The predicted molar refractivity (Wildman–Crippen MR) is 75.4 cm³/mol. The first-order valence-electron chi connectivity index (χ1n) is 7.03. The summed E-state index contributed by atoms with van der Waals surface area (Å²) >= 11 is 0. The fraction of sp³-hybridized carbons (Fsp3) is 0.857. The molecule has 0 radical (unpaired) electrons. The fourth-order valence-corrected chi connectivity index (χ4v) is 2.33.